The van der Waals surface area contributed by atoms with Crippen molar-refractivity contribution in [3.05, 3.63) is 28.8 Å². The number of fused-ring (bicyclic) bond motifs is 1. The van der Waals surface area contributed by atoms with Crippen molar-refractivity contribution >= 4 is 6.09 Å². The lowest BCUT2D eigenvalue weighted by atomic mass is 9.92. The van der Waals surface area contributed by atoms with Crippen molar-refractivity contribution < 1.29 is 14.3 Å². The van der Waals surface area contributed by atoms with Crippen LogP contribution in [0.4, 0.5) is 4.79 Å². The number of hydrogen-bond acceptors (Lipinski definition) is 4. The van der Waals surface area contributed by atoms with E-state index in [2.05, 4.69) is 22.3 Å². The van der Waals surface area contributed by atoms with E-state index in [1.807, 2.05) is 0 Å². The van der Waals surface area contributed by atoms with Gasteiger partial charge in [-0.05, 0) is 55.8 Å². The predicted octanol–water partition coefficient (Wildman–Crippen LogP) is 2.26. The van der Waals surface area contributed by atoms with Crippen LogP contribution in [0.25, 0.3) is 0 Å². The summed E-state index contributed by atoms with van der Waals surface area (Å²) in [6.07, 6.45) is 5.32. The minimum absolute atomic E-state index is 0.276. The second-order valence-corrected chi connectivity index (χ2v) is 7.03. The van der Waals surface area contributed by atoms with Gasteiger partial charge in [-0.25, -0.2) is 4.79 Å². The van der Waals surface area contributed by atoms with Crippen LogP contribution in [0, 0.1) is 0 Å². The molecule has 1 aromatic carbocycles. The summed E-state index contributed by atoms with van der Waals surface area (Å²) in [5.41, 5.74) is 3.83. The minimum Gasteiger partial charge on any atom is -0.496 e. The quantitative estimate of drug-likeness (QED) is 0.929. The van der Waals surface area contributed by atoms with E-state index in [0.29, 0.717) is 6.54 Å². The molecule has 1 N–H and O–H groups in total. The summed E-state index contributed by atoms with van der Waals surface area (Å²) in [6, 6.07) is 4.54. The average Bonchev–Trinajstić information content (AvgIpc) is 3.13. The fraction of sp³-hybridized carbons (Fsp3) is 0.611. The molecular formula is C18H24N2O3. The summed E-state index contributed by atoms with van der Waals surface area (Å²) in [7, 11) is 1.75. The molecule has 0 unspecified atom stereocenters. The van der Waals surface area contributed by atoms with Crippen molar-refractivity contribution in [1.82, 2.24) is 10.2 Å². The van der Waals surface area contributed by atoms with Crippen LogP contribution in [0.1, 0.15) is 36.0 Å². The molecular weight excluding hydrogens is 292 g/mol. The van der Waals surface area contributed by atoms with Gasteiger partial charge in [0.15, 0.2) is 0 Å². The zero-order valence-electron chi connectivity index (χ0n) is 13.7. The molecule has 3 aliphatic rings. The highest BCUT2D eigenvalue weighted by Crippen LogP contribution is 2.33. The molecule has 5 heteroatoms. The van der Waals surface area contributed by atoms with Gasteiger partial charge >= 0.3 is 6.09 Å². The van der Waals surface area contributed by atoms with Gasteiger partial charge in [-0.2, -0.15) is 0 Å². The van der Waals surface area contributed by atoms with E-state index in [1.54, 1.807) is 7.11 Å². The lowest BCUT2D eigenvalue weighted by Crippen LogP contribution is -2.50. The van der Waals surface area contributed by atoms with Gasteiger partial charge in [0.25, 0.3) is 0 Å². The zero-order chi connectivity index (χ0) is 15.9. The Labute approximate surface area is 136 Å². The lowest BCUT2D eigenvalue weighted by molar-refractivity contribution is -0.0112. The maximum Gasteiger partial charge on any atom is 0.407 e. The largest absolute Gasteiger partial charge is 0.496 e. The molecule has 124 valence electrons. The number of nitrogens with one attached hydrogen (secondary N) is 1. The van der Waals surface area contributed by atoms with E-state index in [1.165, 1.54) is 36.0 Å². The van der Waals surface area contributed by atoms with Crippen LogP contribution in [0.2, 0.25) is 0 Å². The van der Waals surface area contributed by atoms with Crippen LogP contribution in [0.5, 0.6) is 5.75 Å². The lowest BCUT2D eigenvalue weighted by Gasteiger charge is -2.38. The highest BCUT2D eigenvalue weighted by Gasteiger charge is 2.43. The summed E-state index contributed by atoms with van der Waals surface area (Å²) in [4.78, 5) is 13.8. The van der Waals surface area contributed by atoms with E-state index in [0.717, 1.165) is 38.2 Å². The third-order valence-corrected chi connectivity index (χ3v) is 5.37. The summed E-state index contributed by atoms with van der Waals surface area (Å²) >= 11 is 0. The number of nitrogens with zero attached hydrogens (tertiary/aromatic N) is 1. The first-order chi connectivity index (χ1) is 11.2. The number of ether oxygens (including phenoxy) is 2. The van der Waals surface area contributed by atoms with Crippen LogP contribution in [0.3, 0.4) is 0 Å². The van der Waals surface area contributed by atoms with Crippen molar-refractivity contribution in [1.29, 1.82) is 0 Å². The first-order valence-electron chi connectivity index (χ1n) is 8.55. The molecule has 23 heavy (non-hydrogen) atoms. The molecule has 1 aliphatic carbocycles. The Balaban J connectivity index is 1.52. The van der Waals surface area contributed by atoms with Gasteiger partial charge in [0.2, 0.25) is 0 Å². The SMILES string of the molecule is COc1cc2c(cc1CN1CCC[C@@]3(CNC(=O)O3)C1)CCC2. The molecule has 2 aliphatic heterocycles. The fourth-order valence-corrected chi connectivity index (χ4v) is 4.26. The smallest absolute Gasteiger partial charge is 0.407 e. The number of alkyl carbamates (subject to hydrolysis) is 1. The third-order valence-electron chi connectivity index (χ3n) is 5.37. The van der Waals surface area contributed by atoms with Crippen LogP contribution < -0.4 is 10.1 Å². The molecule has 4 rings (SSSR count). The van der Waals surface area contributed by atoms with Crippen LogP contribution in [-0.2, 0) is 24.1 Å². The van der Waals surface area contributed by atoms with E-state index in [-0.39, 0.29) is 11.7 Å². The van der Waals surface area contributed by atoms with Crippen molar-refractivity contribution in [2.75, 3.05) is 26.7 Å². The van der Waals surface area contributed by atoms with E-state index < -0.39 is 0 Å². The van der Waals surface area contributed by atoms with E-state index in [9.17, 15) is 4.79 Å². The highest BCUT2D eigenvalue weighted by atomic mass is 16.6. The standard InChI is InChI=1S/C18H24N2O3/c1-22-16-9-14-5-2-4-13(14)8-15(16)10-20-7-3-6-18(12-20)11-19-17(21)23-18/h8-9H,2-7,10-12H2,1H3,(H,19,21)/t18-/m1/s1. The molecule has 1 atom stereocenters. The number of likely N-dealkylation sites (tertiary alicyclic amines) is 1. The van der Waals surface area contributed by atoms with Gasteiger partial charge in [0.1, 0.15) is 11.4 Å². The minimum atomic E-state index is -0.334. The van der Waals surface area contributed by atoms with Crippen LogP contribution in [-0.4, -0.2) is 43.3 Å². The van der Waals surface area contributed by atoms with Crippen molar-refractivity contribution in [3.8, 4) is 5.75 Å². The topological polar surface area (TPSA) is 50.8 Å². The fourth-order valence-electron chi connectivity index (χ4n) is 4.26. The van der Waals surface area contributed by atoms with E-state index >= 15 is 0 Å². The maximum absolute atomic E-state index is 11.4. The number of benzene rings is 1. The Morgan fingerprint density at radius 1 is 1.30 bits per heavy atom. The Bertz CT molecular complexity index is 631. The van der Waals surface area contributed by atoms with Crippen molar-refractivity contribution in [2.45, 2.75) is 44.2 Å². The average molecular weight is 316 g/mol. The zero-order valence-corrected chi connectivity index (χ0v) is 13.7. The van der Waals surface area contributed by atoms with Gasteiger partial charge < -0.3 is 14.8 Å². The Morgan fingerprint density at radius 3 is 2.87 bits per heavy atom. The number of rotatable bonds is 3. The second-order valence-electron chi connectivity index (χ2n) is 7.03. The molecule has 0 aromatic heterocycles. The Kier molecular flexibility index (Phi) is 3.68. The Hall–Kier alpha value is -1.75. The molecule has 2 heterocycles. The molecule has 2 fully saturated rings. The predicted molar refractivity (Wildman–Crippen MR) is 86.7 cm³/mol. The molecule has 1 spiro atoms. The third kappa shape index (κ3) is 2.78. The van der Waals surface area contributed by atoms with Gasteiger partial charge in [-0.3, -0.25) is 4.90 Å². The van der Waals surface area contributed by atoms with Crippen LogP contribution in [0.15, 0.2) is 12.1 Å². The Morgan fingerprint density at radius 2 is 2.13 bits per heavy atom. The van der Waals surface area contributed by atoms with Crippen molar-refractivity contribution in [3.63, 3.8) is 0 Å². The molecule has 1 aromatic rings. The number of piperidine rings is 1. The second kappa shape index (κ2) is 5.71. The molecule has 5 nitrogen and oxygen atoms in total. The number of methoxy groups -OCH3 is 1. The summed E-state index contributed by atoms with van der Waals surface area (Å²) < 4.78 is 11.2. The van der Waals surface area contributed by atoms with Crippen molar-refractivity contribution in [2.24, 2.45) is 0 Å². The van der Waals surface area contributed by atoms with Gasteiger partial charge in [-0.15, -0.1) is 0 Å². The number of carbonyl (C=O) groups is 1. The van der Waals surface area contributed by atoms with Gasteiger partial charge in [0.05, 0.1) is 13.7 Å². The normalized spacial score (nSPS) is 26.9. The summed E-state index contributed by atoms with van der Waals surface area (Å²) in [5, 5.41) is 2.81. The maximum atomic E-state index is 11.4. The van der Waals surface area contributed by atoms with E-state index in [4.69, 9.17) is 9.47 Å². The van der Waals surface area contributed by atoms with Gasteiger partial charge in [0, 0.05) is 18.7 Å². The van der Waals surface area contributed by atoms with Gasteiger partial charge in [-0.1, -0.05) is 6.07 Å². The number of amides is 1. The number of aryl methyl sites for hydroxylation is 2. The molecule has 2 saturated heterocycles. The molecule has 1 amide bonds. The van der Waals surface area contributed by atoms with Crippen LogP contribution >= 0.6 is 0 Å². The first-order valence-corrected chi connectivity index (χ1v) is 8.55. The molecule has 0 saturated carbocycles. The highest BCUT2D eigenvalue weighted by molar-refractivity contribution is 5.70. The first kappa shape index (κ1) is 14.8. The summed E-state index contributed by atoms with van der Waals surface area (Å²) in [5.74, 6) is 0.992. The number of carbonyl (C=O) groups excluding carboxylic acids is 1. The number of hydrogen-bond donors (Lipinski definition) is 1. The monoisotopic (exact) mass is 316 g/mol. The summed E-state index contributed by atoms with van der Waals surface area (Å²) in [6.45, 7) is 3.32. The molecule has 0 radical (unpaired) electrons. The molecule has 0 bridgehead atoms.